The van der Waals surface area contributed by atoms with Crippen LogP contribution in [0.3, 0.4) is 0 Å². The number of benzene rings is 1. The minimum atomic E-state index is -1.99. The largest absolute Gasteiger partial charge is 0.543 e. The molecule has 0 bridgehead atoms. The average Bonchev–Trinajstić information content (AvgIpc) is 2.78. The van der Waals surface area contributed by atoms with Crippen LogP contribution in [0.5, 0.6) is 0 Å². The van der Waals surface area contributed by atoms with Gasteiger partial charge in [0.1, 0.15) is 11.6 Å². The molecule has 2 rings (SSSR count). The maximum Gasteiger partial charge on any atom is 0.341 e. The Bertz CT molecular complexity index is 657. The summed E-state index contributed by atoms with van der Waals surface area (Å²) in [5.41, 5.74) is 1.63. The zero-order valence-electron chi connectivity index (χ0n) is 14.7. The van der Waals surface area contributed by atoms with Crippen LogP contribution in [0.25, 0.3) is 5.76 Å². The number of allylic oxidation sites excluding steroid dienone is 1. The van der Waals surface area contributed by atoms with Crippen LogP contribution in [0.4, 0.5) is 4.39 Å². The van der Waals surface area contributed by atoms with E-state index in [4.69, 9.17) is 9.16 Å². The second-order valence-electron chi connectivity index (χ2n) is 7.34. The summed E-state index contributed by atoms with van der Waals surface area (Å²) < 4.78 is 25.4. The van der Waals surface area contributed by atoms with Gasteiger partial charge in [-0.15, -0.1) is 0 Å². The van der Waals surface area contributed by atoms with Crippen molar-refractivity contribution in [2.45, 2.75) is 52.2 Å². The number of hydrogen-bond donors (Lipinski definition) is 0. The second kappa shape index (κ2) is 6.11. The molecule has 0 aromatic heterocycles. The molecule has 0 unspecified atom stereocenters. The normalized spacial score (nSPS) is 14.3. The fourth-order valence-electron chi connectivity index (χ4n) is 2.22. The van der Waals surface area contributed by atoms with Gasteiger partial charge in [-0.3, -0.25) is 0 Å². The predicted molar refractivity (Wildman–Crippen MR) is 92.3 cm³/mol. The lowest BCUT2D eigenvalue weighted by atomic mass is 10.0. The number of carbonyl (C=O) groups is 1. The van der Waals surface area contributed by atoms with E-state index >= 15 is 0 Å². The second-order valence-corrected chi connectivity index (χ2v) is 12.1. The quantitative estimate of drug-likeness (QED) is 0.578. The zero-order chi connectivity index (χ0) is 17.4. The molecule has 1 aliphatic rings. The molecule has 1 aliphatic carbocycles. The molecule has 0 amide bonds. The topological polar surface area (TPSA) is 35.5 Å². The van der Waals surface area contributed by atoms with E-state index in [2.05, 4.69) is 33.9 Å². The number of carbonyl (C=O) groups excluding carboxylic acids is 1. The van der Waals surface area contributed by atoms with Gasteiger partial charge in [-0.1, -0.05) is 20.8 Å². The highest BCUT2D eigenvalue weighted by Crippen LogP contribution is 2.41. The summed E-state index contributed by atoms with van der Waals surface area (Å²) in [5.74, 6) is -0.410. The Morgan fingerprint density at radius 2 is 1.96 bits per heavy atom. The van der Waals surface area contributed by atoms with E-state index in [1.54, 1.807) is 13.0 Å². The van der Waals surface area contributed by atoms with Crippen LogP contribution in [0.15, 0.2) is 18.2 Å². The summed E-state index contributed by atoms with van der Waals surface area (Å²) in [6.07, 6.45) is 2.60. The highest BCUT2D eigenvalue weighted by molar-refractivity contribution is 6.74. The van der Waals surface area contributed by atoms with Gasteiger partial charge in [0.25, 0.3) is 0 Å². The summed E-state index contributed by atoms with van der Waals surface area (Å²) in [5, 5.41) is 0.0700. The van der Waals surface area contributed by atoms with Crippen LogP contribution in [0, 0.1) is 5.82 Å². The maximum atomic E-state index is 14.1. The lowest BCUT2D eigenvalue weighted by molar-refractivity contribution is 0.0521. The fourth-order valence-corrected chi connectivity index (χ4v) is 3.26. The van der Waals surface area contributed by atoms with Crippen LogP contribution in [-0.4, -0.2) is 20.9 Å². The van der Waals surface area contributed by atoms with E-state index < -0.39 is 20.1 Å². The zero-order valence-corrected chi connectivity index (χ0v) is 15.7. The molecule has 0 spiro atoms. The summed E-state index contributed by atoms with van der Waals surface area (Å²) in [6, 6.07) is 2.98. The van der Waals surface area contributed by atoms with Crippen LogP contribution >= 0.6 is 0 Å². The third kappa shape index (κ3) is 3.49. The first kappa shape index (κ1) is 17.7. The van der Waals surface area contributed by atoms with Crippen LogP contribution < -0.4 is 0 Å². The number of ether oxygens (including phenoxy) is 1. The van der Waals surface area contributed by atoms with Crippen molar-refractivity contribution >= 4 is 20.0 Å². The van der Waals surface area contributed by atoms with Crippen molar-refractivity contribution in [3.8, 4) is 0 Å². The van der Waals surface area contributed by atoms with Gasteiger partial charge in [-0.05, 0) is 55.2 Å². The fraction of sp³-hybridized carbons (Fsp3) is 0.500. The van der Waals surface area contributed by atoms with Gasteiger partial charge in [-0.2, -0.15) is 0 Å². The first-order valence-corrected chi connectivity index (χ1v) is 10.9. The first-order valence-electron chi connectivity index (χ1n) is 7.96. The maximum absolute atomic E-state index is 14.1. The molecular weight excluding hydrogens is 311 g/mol. The molecule has 0 fully saturated rings. The Labute approximate surface area is 138 Å². The molecular formula is C18H25FO3Si. The molecule has 0 heterocycles. The number of fused-ring (bicyclic) bond motifs is 1. The molecule has 0 saturated carbocycles. The van der Waals surface area contributed by atoms with Gasteiger partial charge >= 0.3 is 5.97 Å². The molecule has 0 saturated heterocycles. The molecule has 3 nitrogen and oxygen atoms in total. The van der Waals surface area contributed by atoms with E-state index in [1.165, 1.54) is 6.07 Å². The van der Waals surface area contributed by atoms with Gasteiger partial charge in [-0.25, -0.2) is 9.18 Å². The molecule has 1 aromatic carbocycles. The van der Waals surface area contributed by atoms with Crippen LogP contribution in [0.1, 0.15) is 49.2 Å². The van der Waals surface area contributed by atoms with Gasteiger partial charge in [0.05, 0.1) is 12.2 Å². The number of rotatable bonds is 4. The Morgan fingerprint density at radius 3 is 2.52 bits per heavy atom. The van der Waals surface area contributed by atoms with Gasteiger partial charge in [0.2, 0.25) is 8.32 Å². The summed E-state index contributed by atoms with van der Waals surface area (Å²) in [4.78, 5) is 11.9. The average molecular weight is 336 g/mol. The van der Waals surface area contributed by atoms with Crippen molar-refractivity contribution in [1.29, 1.82) is 0 Å². The van der Waals surface area contributed by atoms with Gasteiger partial charge in [0.15, 0.2) is 0 Å². The molecule has 0 radical (unpaired) electrons. The summed E-state index contributed by atoms with van der Waals surface area (Å²) >= 11 is 0. The summed E-state index contributed by atoms with van der Waals surface area (Å²) in [7, 11) is -1.99. The third-order valence-corrected chi connectivity index (χ3v) is 8.97. The molecule has 23 heavy (non-hydrogen) atoms. The van der Waals surface area contributed by atoms with E-state index in [1.807, 2.05) is 6.08 Å². The molecule has 0 atom stereocenters. The Hall–Kier alpha value is -1.62. The lowest BCUT2D eigenvalue weighted by Gasteiger charge is -2.37. The van der Waals surface area contributed by atoms with Crippen molar-refractivity contribution in [2.24, 2.45) is 0 Å². The Morgan fingerprint density at radius 1 is 1.30 bits per heavy atom. The number of esters is 1. The van der Waals surface area contributed by atoms with Crippen molar-refractivity contribution in [2.75, 3.05) is 6.61 Å². The third-order valence-electron chi connectivity index (χ3n) is 4.63. The predicted octanol–water partition coefficient (Wildman–Crippen LogP) is 4.92. The molecule has 0 N–H and O–H groups in total. The minimum absolute atomic E-state index is 0.0303. The highest BCUT2D eigenvalue weighted by atomic mass is 28.4. The molecule has 1 aromatic rings. The van der Waals surface area contributed by atoms with Crippen molar-refractivity contribution in [1.82, 2.24) is 0 Å². The lowest BCUT2D eigenvalue weighted by Crippen LogP contribution is -2.40. The van der Waals surface area contributed by atoms with Gasteiger partial charge < -0.3 is 9.16 Å². The summed E-state index contributed by atoms with van der Waals surface area (Å²) in [6.45, 7) is 12.8. The van der Waals surface area contributed by atoms with E-state index in [0.29, 0.717) is 6.42 Å². The molecule has 5 heteroatoms. The smallest absolute Gasteiger partial charge is 0.341 e. The number of halogens is 1. The molecule has 0 aliphatic heterocycles. The van der Waals surface area contributed by atoms with Gasteiger partial charge in [0, 0.05) is 5.56 Å². The highest BCUT2D eigenvalue weighted by Gasteiger charge is 2.40. The van der Waals surface area contributed by atoms with Crippen molar-refractivity contribution in [3.63, 3.8) is 0 Å². The first-order chi connectivity index (χ1) is 10.6. The van der Waals surface area contributed by atoms with Crippen molar-refractivity contribution in [3.05, 3.63) is 40.7 Å². The minimum Gasteiger partial charge on any atom is -0.543 e. The van der Waals surface area contributed by atoms with E-state index in [-0.39, 0.29) is 17.2 Å². The Balaban J connectivity index is 2.35. The SMILES string of the molecule is CCOC(=O)c1cc2c(cc1F)CC=C2O[Si](C)(C)C(C)(C)C. The monoisotopic (exact) mass is 336 g/mol. The van der Waals surface area contributed by atoms with Crippen LogP contribution in [0.2, 0.25) is 18.1 Å². The van der Waals surface area contributed by atoms with Crippen molar-refractivity contribution < 1.29 is 18.3 Å². The Kier molecular flexibility index (Phi) is 4.71. The van der Waals surface area contributed by atoms with Crippen LogP contribution in [-0.2, 0) is 15.6 Å². The molecule has 126 valence electrons. The number of hydrogen-bond acceptors (Lipinski definition) is 3. The van der Waals surface area contributed by atoms with E-state index in [9.17, 15) is 9.18 Å². The van der Waals surface area contributed by atoms with E-state index in [0.717, 1.165) is 16.9 Å². The standard InChI is InChI=1S/C18H25FO3Si/c1-7-21-17(20)14-11-13-12(10-15(14)19)8-9-16(13)22-23(5,6)18(2,3)4/h9-11H,7-8H2,1-6H3.